The van der Waals surface area contributed by atoms with Crippen LogP contribution in [0.5, 0.6) is 0 Å². The van der Waals surface area contributed by atoms with Crippen molar-refractivity contribution in [3.8, 4) is 0 Å². The molecule has 2 aromatic carbocycles. The molecule has 2 amide bonds. The fraction of sp³-hybridized carbons (Fsp3) is 0.333. The van der Waals surface area contributed by atoms with Crippen LogP contribution in [0.15, 0.2) is 60.1 Å². The fourth-order valence-corrected chi connectivity index (χ4v) is 4.79. The fourth-order valence-electron chi connectivity index (χ4n) is 4.35. The van der Waals surface area contributed by atoms with Crippen LogP contribution in [0.3, 0.4) is 0 Å². The van der Waals surface area contributed by atoms with Crippen molar-refractivity contribution in [2.24, 2.45) is 5.41 Å². The van der Waals surface area contributed by atoms with Gasteiger partial charge in [-0.2, -0.15) is 0 Å². The van der Waals surface area contributed by atoms with E-state index in [0.717, 1.165) is 29.9 Å². The molecule has 1 atom stereocenters. The summed E-state index contributed by atoms with van der Waals surface area (Å²) in [5, 5.41) is 11.2. The summed E-state index contributed by atoms with van der Waals surface area (Å²) < 4.78 is 0. The lowest BCUT2D eigenvalue weighted by atomic mass is 9.70. The molecule has 7 nitrogen and oxygen atoms in total. The van der Waals surface area contributed by atoms with E-state index >= 15 is 0 Å². The Morgan fingerprint density at radius 2 is 1.64 bits per heavy atom. The molecule has 0 spiro atoms. The number of carbonyl (C=O) groups excluding carboxylic acids is 2. The van der Waals surface area contributed by atoms with Gasteiger partial charge in [-0.1, -0.05) is 67.6 Å². The molecule has 1 N–H and O–H groups in total. The first kappa shape index (κ1) is 23.0. The average molecular weight is 459 g/mol. The Labute approximate surface area is 199 Å². The lowest BCUT2D eigenvalue weighted by Crippen LogP contribution is -2.48. The molecule has 1 unspecified atom stereocenters. The Morgan fingerprint density at radius 3 is 2.21 bits per heavy atom. The second-order valence-corrected chi connectivity index (χ2v) is 9.50. The highest BCUT2D eigenvalue weighted by atomic mass is 32.1. The summed E-state index contributed by atoms with van der Waals surface area (Å²) in [4.78, 5) is 28.6. The van der Waals surface area contributed by atoms with Crippen LogP contribution >= 0.6 is 11.3 Å². The van der Waals surface area contributed by atoms with E-state index in [9.17, 15) is 9.59 Å². The van der Waals surface area contributed by atoms with Gasteiger partial charge in [-0.05, 0) is 23.3 Å². The highest BCUT2D eigenvalue weighted by molar-refractivity contribution is 7.13. The van der Waals surface area contributed by atoms with Gasteiger partial charge in [0.05, 0.1) is 5.41 Å². The Kier molecular flexibility index (Phi) is 6.79. The molecule has 1 aliphatic heterocycles. The standard InChI is InChI=1S/C24H26BN5O2S/c1-24(2,21(31)27-23-28-26-16-33-23)20(17-6-4-3-5-7-17)18-8-10-19(11-9-18)29-12-14-30(15-13-29)22(25)32/h3-11,16,20H,12-15H2,1-2H3,(H,27,28,31). The minimum atomic E-state index is -0.748. The molecule has 0 bridgehead atoms. The number of hydrogen-bond acceptors (Lipinski definition) is 6. The van der Waals surface area contributed by atoms with Gasteiger partial charge in [0.1, 0.15) is 5.51 Å². The smallest absolute Gasteiger partial charge is 0.232 e. The Balaban J connectivity index is 1.59. The van der Waals surface area contributed by atoms with E-state index in [1.54, 1.807) is 10.4 Å². The summed E-state index contributed by atoms with van der Waals surface area (Å²) in [6.45, 7) is 6.61. The van der Waals surface area contributed by atoms with Crippen molar-refractivity contribution >= 4 is 41.7 Å². The van der Waals surface area contributed by atoms with E-state index in [4.69, 9.17) is 7.85 Å². The molecular formula is C24H26BN5O2S. The quantitative estimate of drug-likeness (QED) is 0.569. The van der Waals surface area contributed by atoms with Crippen LogP contribution in [-0.4, -0.2) is 60.8 Å². The molecule has 0 saturated carbocycles. The normalized spacial score (nSPS) is 15.2. The summed E-state index contributed by atoms with van der Waals surface area (Å²) >= 11 is 1.30. The van der Waals surface area contributed by atoms with Crippen molar-refractivity contribution in [3.63, 3.8) is 0 Å². The molecule has 4 rings (SSSR count). The second kappa shape index (κ2) is 9.74. The third-order valence-corrected chi connectivity index (χ3v) is 6.81. The van der Waals surface area contributed by atoms with Gasteiger partial charge in [-0.25, -0.2) is 0 Å². The Bertz CT molecular complexity index is 1080. The Morgan fingerprint density at radius 1 is 1.00 bits per heavy atom. The van der Waals surface area contributed by atoms with Crippen molar-refractivity contribution in [2.75, 3.05) is 36.4 Å². The maximum absolute atomic E-state index is 13.3. The molecule has 9 heteroatoms. The molecular weight excluding hydrogens is 433 g/mol. The van der Waals surface area contributed by atoms with Gasteiger partial charge < -0.3 is 15.1 Å². The van der Waals surface area contributed by atoms with Gasteiger partial charge >= 0.3 is 0 Å². The predicted molar refractivity (Wildman–Crippen MR) is 132 cm³/mol. The first-order valence-electron chi connectivity index (χ1n) is 10.9. The van der Waals surface area contributed by atoms with E-state index in [-0.39, 0.29) is 17.6 Å². The minimum Gasteiger partial charge on any atom is -0.368 e. The van der Waals surface area contributed by atoms with Crippen molar-refractivity contribution in [2.45, 2.75) is 19.8 Å². The molecule has 168 valence electrons. The molecule has 33 heavy (non-hydrogen) atoms. The van der Waals surface area contributed by atoms with Crippen LogP contribution in [0.2, 0.25) is 0 Å². The maximum atomic E-state index is 13.3. The van der Waals surface area contributed by atoms with Gasteiger partial charge in [0.25, 0.3) is 0 Å². The Hall–Kier alpha value is -3.20. The number of aromatic nitrogens is 2. The van der Waals surface area contributed by atoms with Crippen LogP contribution in [0.4, 0.5) is 15.6 Å². The molecule has 1 saturated heterocycles. The van der Waals surface area contributed by atoms with Crippen LogP contribution in [-0.2, 0) is 4.79 Å². The van der Waals surface area contributed by atoms with Gasteiger partial charge in [0, 0.05) is 37.8 Å². The number of anilines is 2. The van der Waals surface area contributed by atoms with Crippen molar-refractivity contribution in [3.05, 3.63) is 71.2 Å². The minimum absolute atomic E-state index is 0.111. The lowest BCUT2D eigenvalue weighted by molar-refractivity contribution is -0.124. The number of amides is 2. The van der Waals surface area contributed by atoms with Crippen molar-refractivity contribution < 1.29 is 9.59 Å². The number of benzene rings is 2. The third-order valence-electron chi connectivity index (χ3n) is 6.20. The van der Waals surface area contributed by atoms with E-state index in [0.29, 0.717) is 18.2 Å². The number of rotatable bonds is 6. The predicted octanol–water partition coefficient (Wildman–Crippen LogP) is 3.75. The summed E-state index contributed by atoms with van der Waals surface area (Å²) in [7, 11) is 5.40. The highest BCUT2D eigenvalue weighted by Crippen LogP contribution is 2.42. The monoisotopic (exact) mass is 459 g/mol. The van der Waals surface area contributed by atoms with Gasteiger partial charge in [0.15, 0.2) is 5.81 Å². The van der Waals surface area contributed by atoms with E-state index in [1.165, 1.54) is 11.3 Å². The molecule has 1 fully saturated rings. The van der Waals surface area contributed by atoms with Crippen molar-refractivity contribution in [1.82, 2.24) is 15.1 Å². The van der Waals surface area contributed by atoms with Crippen LogP contribution < -0.4 is 10.2 Å². The lowest BCUT2D eigenvalue weighted by Gasteiger charge is -2.37. The third kappa shape index (κ3) is 5.08. The molecule has 2 radical (unpaired) electrons. The molecule has 1 aromatic heterocycles. The van der Waals surface area contributed by atoms with Gasteiger partial charge in [0.2, 0.25) is 18.9 Å². The van der Waals surface area contributed by atoms with Gasteiger partial charge in [-0.15, -0.1) is 10.2 Å². The van der Waals surface area contributed by atoms with Crippen LogP contribution in [0.1, 0.15) is 30.9 Å². The first-order valence-corrected chi connectivity index (χ1v) is 11.8. The molecule has 2 heterocycles. The summed E-state index contributed by atoms with van der Waals surface area (Å²) in [6.07, 6.45) is 0. The number of piperazine rings is 1. The summed E-state index contributed by atoms with van der Waals surface area (Å²) in [6, 6.07) is 18.4. The first-order chi connectivity index (χ1) is 15.9. The number of nitrogens with one attached hydrogen (secondary N) is 1. The average Bonchev–Trinajstić information content (AvgIpc) is 3.33. The zero-order chi connectivity index (χ0) is 23.4. The summed E-state index contributed by atoms with van der Waals surface area (Å²) in [5.41, 5.74) is 4.06. The van der Waals surface area contributed by atoms with Gasteiger partial charge in [-0.3, -0.25) is 9.59 Å². The summed E-state index contributed by atoms with van der Waals surface area (Å²) in [5.74, 6) is -0.642. The molecule has 3 aromatic rings. The molecule has 0 aliphatic carbocycles. The number of nitrogens with zero attached hydrogens (tertiary/aromatic N) is 4. The molecule has 1 aliphatic rings. The van der Waals surface area contributed by atoms with Crippen LogP contribution in [0, 0.1) is 5.41 Å². The zero-order valence-corrected chi connectivity index (χ0v) is 19.6. The SMILES string of the molecule is [B]C(=O)N1CCN(c2ccc(C(c3ccccc3)C(C)(C)C(=O)Nc3nncs3)cc2)CC1. The second-order valence-electron chi connectivity index (χ2n) is 8.67. The topological polar surface area (TPSA) is 78.4 Å². The highest BCUT2D eigenvalue weighted by Gasteiger charge is 2.39. The maximum Gasteiger partial charge on any atom is 0.232 e. The number of carbonyl (C=O) groups is 2. The van der Waals surface area contributed by atoms with E-state index < -0.39 is 5.41 Å². The van der Waals surface area contributed by atoms with Crippen molar-refractivity contribution in [1.29, 1.82) is 0 Å². The van der Waals surface area contributed by atoms with Crippen LogP contribution in [0.25, 0.3) is 0 Å². The van der Waals surface area contributed by atoms with E-state index in [1.807, 2.05) is 32.0 Å². The van der Waals surface area contributed by atoms with E-state index in [2.05, 4.69) is 56.8 Å². The largest absolute Gasteiger partial charge is 0.368 e. The zero-order valence-electron chi connectivity index (χ0n) is 18.8. The number of hydrogen-bond donors (Lipinski definition) is 1.